The van der Waals surface area contributed by atoms with Crippen LogP contribution in [0.25, 0.3) is 5.82 Å². The van der Waals surface area contributed by atoms with Crippen molar-refractivity contribution in [2.24, 2.45) is 0 Å². The van der Waals surface area contributed by atoms with E-state index in [4.69, 9.17) is 0 Å². The van der Waals surface area contributed by atoms with Gasteiger partial charge in [0.25, 0.3) is 17.7 Å². The molecule has 3 heterocycles. The maximum Gasteiger partial charge on any atom is 0.262 e. The fourth-order valence-electron chi connectivity index (χ4n) is 3.13. The molecular formula is C20H18N6O3. The van der Waals surface area contributed by atoms with Crippen LogP contribution >= 0.6 is 0 Å². The van der Waals surface area contributed by atoms with Crippen LogP contribution in [0.4, 0.5) is 5.69 Å². The molecule has 0 fully saturated rings. The van der Waals surface area contributed by atoms with Crippen LogP contribution in [0, 0.1) is 0 Å². The van der Waals surface area contributed by atoms with Crippen molar-refractivity contribution in [2.45, 2.75) is 26.3 Å². The summed E-state index contributed by atoms with van der Waals surface area (Å²) in [5.41, 5.74) is 0.669. The Morgan fingerprint density at radius 3 is 2.28 bits per heavy atom. The predicted molar refractivity (Wildman–Crippen MR) is 104 cm³/mol. The first-order valence-corrected chi connectivity index (χ1v) is 8.91. The van der Waals surface area contributed by atoms with Crippen molar-refractivity contribution in [1.82, 2.24) is 24.6 Å². The van der Waals surface area contributed by atoms with Crippen LogP contribution in [0.2, 0.25) is 0 Å². The van der Waals surface area contributed by atoms with Gasteiger partial charge in [0.05, 0.1) is 23.0 Å². The number of nitrogens with zero attached hydrogens (tertiary/aromatic N) is 5. The Labute approximate surface area is 166 Å². The highest BCUT2D eigenvalue weighted by Crippen LogP contribution is 2.30. The molecule has 29 heavy (non-hydrogen) atoms. The molecule has 1 aromatic carbocycles. The molecule has 1 aliphatic rings. The van der Waals surface area contributed by atoms with Gasteiger partial charge in [0.2, 0.25) is 0 Å². The standard InChI is InChI=1S/C20H18N6O3/c1-20(2,3)26-18(28)14-6-4-12(8-15(14)19(26)29)17(27)24-13-5-7-16(21-9-13)25-10-22-23-11-25/h4-11H,1-3H3,(H,24,27). The maximum atomic E-state index is 12.7. The number of rotatable bonds is 3. The molecule has 2 aromatic heterocycles. The Hall–Kier alpha value is -3.88. The third-order valence-electron chi connectivity index (χ3n) is 4.51. The van der Waals surface area contributed by atoms with Crippen molar-refractivity contribution < 1.29 is 14.4 Å². The smallest absolute Gasteiger partial charge is 0.262 e. The summed E-state index contributed by atoms with van der Waals surface area (Å²) in [6, 6.07) is 7.92. The zero-order valence-corrected chi connectivity index (χ0v) is 16.1. The molecule has 3 amide bonds. The van der Waals surface area contributed by atoms with Crippen molar-refractivity contribution in [2.75, 3.05) is 5.32 Å². The number of pyridine rings is 1. The number of hydrogen-bond donors (Lipinski definition) is 1. The van der Waals surface area contributed by atoms with Gasteiger partial charge in [-0.15, -0.1) is 10.2 Å². The van der Waals surface area contributed by atoms with E-state index in [2.05, 4.69) is 20.5 Å². The number of fused-ring (bicyclic) bond motifs is 1. The normalized spacial score (nSPS) is 13.6. The maximum absolute atomic E-state index is 12.7. The van der Waals surface area contributed by atoms with Crippen LogP contribution in [-0.2, 0) is 0 Å². The number of nitrogens with one attached hydrogen (secondary N) is 1. The van der Waals surface area contributed by atoms with Crippen molar-refractivity contribution in [3.63, 3.8) is 0 Å². The number of anilines is 1. The van der Waals surface area contributed by atoms with Gasteiger partial charge in [-0.05, 0) is 51.1 Å². The van der Waals surface area contributed by atoms with Gasteiger partial charge >= 0.3 is 0 Å². The van der Waals surface area contributed by atoms with E-state index in [1.165, 1.54) is 42.0 Å². The van der Waals surface area contributed by atoms with E-state index < -0.39 is 17.4 Å². The van der Waals surface area contributed by atoms with E-state index >= 15 is 0 Å². The van der Waals surface area contributed by atoms with Gasteiger partial charge in [0.15, 0.2) is 0 Å². The molecule has 0 radical (unpaired) electrons. The summed E-state index contributed by atoms with van der Waals surface area (Å²) < 4.78 is 1.63. The molecular weight excluding hydrogens is 372 g/mol. The summed E-state index contributed by atoms with van der Waals surface area (Å²) >= 11 is 0. The Balaban J connectivity index is 1.55. The van der Waals surface area contributed by atoms with E-state index in [-0.39, 0.29) is 17.0 Å². The molecule has 9 heteroatoms. The Morgan fingerprint density at radius 1 is 0.966 bits per heavy atom. The van der Waals surface area contributed by atoms with Gasteiger partial charge < -0.3 is 5.32 Å². The zero-order chi connectivity index (χ0) is 20.8. The minimum Gasteiger partial charge on any atom is -0.321 e. The number of aromatic nitrogens is 4. The van der Waals surface area contributed by atoms with Gasteiger partial charge in [0, 0.05) is 11.1 Å². The highest BCUT2D eigenvalue weighted by molar-refractivity contribution is 6.22. The summed E-state index contributed by atoms with van der Waals surface area (Å²) in [7, 11) is 0. The highest BCUT2D eigenvalue weighted by atomic mass is 16.2. The van der Waals surface area contributed by atoms with Gasteiger partial charge in [-0.25, -0.2) is 4.98 Å². The lowest BCUT2D eigenvalue weighted by Gasteiger charge is -2.29. The van der Waals surface area contributed by atoms with Crippen LogP contribution in [0.3, 0.4) is 0 Å². The molecule has 9 nitrogen and oxygen atoms in total. The summed E-state index contributed by atoms with van der Waals surface area (Å²) in [6.45, 7) is 5.37. The molecule has 0 saturated heterocycles. The number of carbonyl (C=O) groups excluding carboxylic acids is 3. The van der Waals surface area contributed by atoms with Gasteiger partial charge in [-0.2, -0.15) is 0 Å². The molecule has 3 aromatic rings. The third kappa shape index (κ3) is 3.27. The van der Waals surface area contributed by atoms with E-state index in [1.807, 2.05) is 0 Å². The first kappa shape index (κ1) is 18.5. The van der Waals surface area contributed by atoms with Gasteiger partial charge in [-0.1, -0.05) is 0 Å². The summed E-state index contributed by atoms with van der Waals surface area (Å²) in [6.07, 6.45) is 4.55. The molecule has 0 bridgehead atoms. The van der Waals surface area contributed by atoms with E-state index in [1.54, 1.807) is 37.5 Å². The molecule has 0 unspecified atom stereocenters. The lowest BCUT2D eigenvalue weighted by molar-refractivity contribution is 0.0507. The molecule has 1 aliphatic heterocycles. The Bertz CT molecular complexity index is 1110. The lowest BCUT2D eigenvalue weighted by Crippen LogP contribution is -2.45. The second-order valence-electron chi connectivity index (χ2n) is 7.61. The fraction of sp³-hybridized carbons (Fsp3) is 0.200. The molecule has 0 saturated carbocycles. The van der Waals surface area contributed by atoms with Crippen molar-refractivity contribution in [1.29, 1.82) is 0 Å². The van der Waals surface area contributed by atoms with E-state index in [9.17, 15) is 14.4 Å². The fourth-order valence-corrected chi connectivity index (χ4v) is 3.13. The summed E-state index contributed by atoms with van der Waals surface area (Å²) in [5.74, 6) is -0.539. The Morgan fingerprint density at radius 2 is 1.66 bits per heavy atom. The number of imide groups is 1. The zero-order valence-electron chi connectivity index (χ0n) is 16.1. The topological polar surface area (TPSA) is 110 Å². The monoisotopic (exact) mass is 390 g/mol. The summed E-state index contributed by atoms with van der Waals surface area (Å²) in [5, 5.41) is 10.2. The molecule has 1 N–H and O–H groups in total. The molecule has 0 aliphatic carbocycles. The number of carbonyl (C=O) groups is 3. The molecule has 146 valence electrons. The van der Waals surface area contributed by atoms with Crippen LogP contribution < -0.4 is 5.32 Å². The highest BCUT2D eigenvalue weighted by Gasteiger charge is 2.42. The number of amides is 3. The van der Waals surface area contributed by atoms with Crippen LogP contribution in [0.1, 0.15) is 51.8 Å². The van der Waals surface area contributed by atoms with Gasteiger partial charge in [-0.3, -0.25) is 23.9 Å². The predicted octanol–water partition coefficient (Wildman–Crippen LogP) is 2.31. The third-order valence-corrected chi connectivity index (χ3v) is 4.51. The minimum absolute atomic E-state index is 0.235. The molecule has 0 spiro atoms. The van der Waals surface area contributed by atoms with E-state index in [0.717, 1.165) is 0 Å². The lowest BCUT2D eigenvalue weighted by atomic mass is 10.1. The largest absolute Gasteiger partial charge is 0.321 e. The van der Waals surface area contributed by atoms with Crippen molar-refractivity contribution >= 4 is 23.4 Å². The quantitative estimate of drug-likeness (QED) is 0.687. The Kier molecular flexibility index (Phi) is 4.22. The summed E-state index contributed by atoms with van der Waals surface area (Å²) in [4.78, 5) is 43.3. The average Bonchev–Trinajstić information content (AvgIpc) is 3.29. The molecule has 4 rings (SSSR count). The first-order chi connectivity index (χ1) is 13.8. The van der Waals surface area contributed by atoms with E-state index in [0.29, 0.717) is 17.1 Å². The van der Waals surface area contributed by atoms with Gasteiger partial charge in [0.1, 0.15) is 18.5 Å². The first-order valence-electron chi connectivity index (χ1n) is 8.91. The second kappa shape index (κ2) is 6.62. The molecule has 0 atom stereocenters. The number of benzene rings is 1. The van der Waals surface area contributed by atoms with Crippen molar-refractivity contribution in [3.05, 3.63) is 65.9 Å². The minimum atomic E-state index is -0.645. The van der Waals surface area contributed by atoms with Crippen LogP contribution in [0.5, 0.6) is 0 Å². The SMILES string of the molecule is CC(C)(C)N1C(=O)c2ccc(C(=O)Nc3ccc(-n4cnnc4)nc3)cc2C1=O. The van der Waals surface area contributed by atoms with Crippen LogP contribution in [-0.4, -0.2) is 47.9 Å². The van der Waals surface area contributed by atoms with Crippen molar-refractivity contribution in [3.8, 4) is 5.82 Å². The second-order valence-corrected chi connectivity index (χ2v) is 7.61. The van der Waals surface area contributed by atoms with Crippen LogP contribution in [0.15, 0.2) is 49.2 Å². The average molecular weight is 390 g/mol. The number of hydrogen-bond acceptors (Lipinski definition) is 6.